The molecule has 0 saturated carbocycles. The number of aromatic nitrogens is 3. The molecule has 0 amide bonds. The van der Waals surface area contributed by atoms with Gasteiger partial charge in [0.1, 0.15) is 5.52 Å². The van der Waals surface area contributed by atoms with Crippen molar-refractivity contribution in [3.05, 3.63) is 22.4 Å². The van der Waals surface area contributed by atoms with Crippen molar-refractivity contribution in [2.75, 3.05) is 0 Å². The summed E-state index contributed by atoms with van der Waals surface area (Å²) in [6.45, 7) is 1.98. The van der Waals surface area contributed by atoms with Gasteiger partial charge < -0.3 is 0 Å². The van der Waals surface area contributed by atoms with Crippen molar-refractivity contribution in [1.29, 1.82) is 0 Å². The number of fused-ring (bicyclic) bond motifs is 1. The second-order valence-corrected chi connectivity index (χ2v) is 5.56. The van der Waals surface area contributed by atoms with E-state index in [0.29, 0.717) is 6.37 Å². The first kappa shape index (κ1) is 9.80. The van der Waals surface area contributed by atoms with Crippen molar-refractivity contribution in [2.24, 2.45) is 0 Å². The predicted molar refractivity (Wildman–Crippen MR) is 67.7 cm³/mol. The van der Waals surface area contributed by atoms with Crippen molar-refractivity contribution in [3.63, 3.8) is 0 Å². The van der Waals surface area contributed by atoms with E-state index in [1.54, 1.807) is 6.20 Å². The molecule has 0 fully saturated rings. The molecule has 2 heterocycles. The summed E-state index contributed by atoms with van der Waals surface area (Å²) in [6, 6.07) is 2.05. The van der Waals surface area contributed by atoms with E-state index in [9.17, 15) is 0 Å². The average Bonchev–Trinajstić information content (AvgIpc) is 2.42. The van der Waals surface area contributed by atoms with Crippen molar-refractivity contribution in [3.8, 4) is 0 Å². The van der Waals surface area contributed by atoms with Crippen LogP contribution in [0.4, 0.5) is 0 Å². The van der Waals surface area contributed by atoms with Crippen molar-refractivity contribution < 1.29 is 0 Å². The first-order valence-electron chi connectivity index (χ1n) is 3.60. The van der Waals surface area contributed by atoms with Gasteiger partial charge in [-0.15, -0.1) is 0 Å². The summed E-state index contributed by atoms with van der Waals surface area (Å²) in [6.07, 6.45) is 2.42. The third kappa shape index (κ3) is 1.74. The van der Waals surface area contributed by atoms with Gasteiger partial charge in [-0.2, -0.15) is 5.10 Å². The van der Waals surface area contributed by atoms with E-state index in [-0.39, 0.29) is 0 Å². The maximum absolute atomic E-state index is 4.39. The van der Waals surface area contributed by atoms with Crippen molar-refractivity contribution >= 4 is 55.4 Å². The van der Waals surface area contributed by atoms with Gasteiger partial charge in [0.15, 0.2) is 0 Å². The Balaban J connectivity index is 2.81. The minimum atomic E-state index is 0.616. The van der Waals surface area contributed by atoms with E-state index in [0.717, 1.165) is 21.2 Å². The summed E-state index contributed by atoms with van der Waals surface area (Å²) in [5, 5.41) is 4.39. The van der Waals surface area contributed by atoms with Crippen LogP contribution >= 0.6 is 44.3 Å². The molecular formula is C7H6BrIN3P. The fourth-order valence-electron chi connectivity index (χ4n) is 1.18. The number of rotatable bonds is 1. The molecule has 68 valence electrons. The first-order chi connectivity index (χ1) is 6.22. The topological polar surface area (TPSA) is 30.7 Å². The number of aryl methyl sites for hydroxylation is 1. The SMILES string of the molecule is Cc1nn(PI)c2cc(Br)cnc12. The fourth-order valence-corrected chi connectivity index (χ4v) is 3.06. The molecule has 2 aromatic heterocycles. The molecule has 0 radical (unpaired) electrons. The molecule has 0 aliphatic heterocycles. The molecule has 2 aromatic rings. The van der Waals surface area contributed by atoms with E-state index in [1.807, 2.05) is 17.4 Å². The van der Waals surface area contributed by atoms with Crippen molar-refractivity contribution in [1.82, 2.24) is 14.5 Å². The lowest BCUT2D eigenvalue weighted by Gasteiger charge is -1.95. The molecule has 0 bridgehead atoms. The van der Waals surface area contributed by atoms with Gasteiger partial charge in [0.05, 0.1) is 17.6 Å². The zero-order chi connectivity index (χ0) is 9.42. The van der Waals surface area contributed by atoms with Crippen LogP contribution in [-0.2, 0) is 0 Å². The summed E-state index contributed by atoms with van der Waals surface area (Å²) in [7, 11) is 0. The molecule has 0 aliphatic rings. The molecular weight excluding hydrogens is 364 g/mol. The molecule has 0 aliphatic carbocycles. The van der Waals surface area contributed by atoms with Crippen LogP contribution in [0, 0.1) is 6.92 Å². The fraction of sp³-hybridized carbons (Fsp3) is 0.143. The maximum Gasteiger partial charge on any atom is 0.112 e. The largest absolute Gasteiger partial charge is 0.251 e. The van der Waals surface area contributed by atoms with Crippen LogP contribution < -0.4 is 0 Å². The van der Waals surface area contributed by atoms with Crippen LogP contribution in [0.1, 0.15) is 5.69 Å². The smallest absolute Gasteiger partial charge is 0.112 e. The highest BCUT2D eigenvalue weighted by Crippen LogP contribution is 2.30. The van der Waals surface area contributed by atoms with E-state index in [1.165, 1.54) is 0 Å². The summed E-state index contributed by atoms with van der Waals surface area (Å²) >= 11 is 5.71. The van der Waals surface area contributed by atoms with E-state index < -0.39 is 0 Å². The summed E-state index contributed by atoms with van der Waals surface area (Å²) in [5.74, 6) is 0. The lowest BCUT2D eigenvalue weighted by Crippen LogP contribution is -1.82. The van der Waals surface area contributed by atoms with Crippen LogP contribution in [0.2, 0.25) is 0 Å². The quantitative estimate of drug-likeness (QED) is 0.570. The lowest BCUT2D eigenvalue weighted by molar-refractivity contribution is 1.00. The van der Waals surface area contributed by atoms with Gasteiger partial charge >= 0.3 is 0 Å². The summed E-state index contributed by atoms with van der Waals surface area (Å²) in [5.41, 5.74) is 3.08. The van der Waals surface area contributed by atoms with Crippen LogP contribution in [0.15, 0.2) is 16.7 Å². The molecule has 6 heteroatoms. The Hall–Kier alpha value is 0.260. The van der Waals surface area contributed by atoms with Gasteiger partial charge in [-0.3, -0.25) is 4.98 Å². The second-order valence-electron chi connectivity index (χ2n) is 2.60. The Morgan fingerprint density at radius 1 is 1.62 bits per heavy atom. The number of hydrogen-bond donors (Lipinski definition) is 0. The van der Waals surface area contributed by atoms with Gasteiger partial charge in [0, 0.05) is 10.7 Å². The van der Waals surface area contributed by atoms with E-state index in [2.05, 4.69) is 48.1 Å². The zero-order valence-electron chi connectivity index (χ0n) is 6.75. The third-order valence-electron chi connectivity index (χ3n) is 1.74. The molecule has 1 atom stereocenters. The Kier molecular flexibility index (Phi) is 2.86. The summed E-state index contributed by atoms with van der Waals surface area (Å²) < 4.78 is 2.97. The van der Waals surface area contributed by atoms with E-state index >= 15 is 0 Å². The molecule has 0 aromatic carbocycles. The minimum absolute atomic E-state index is 0.616. The maximum atomic E-state index is 4.39. The molecule has 0 N–H and O–H groups in total. The predicted octanol–water partition coefficient (Wildman–Crippen LogP) is 3.29. The van der Waals surface area contributed by atoms with Gasteiger partial charge in [-0.1, -0.05) is 0 Å². The number of hydrogen-bond acceptors (Lipinski definition) is 2. The highest BCUT2D eigenvalue weighted by molar-refractivity contribution is 14.2. The molecule has 0 spiro atoms. The Morgan fingerprint density at radius 2 is 2.38 bits per heavy atom. The normalized spacial score (nSPS) is 11.9. The number of pyridine rings is 1. The highest BCUT2D eigenvalue weighted by atomic mass is 127. The van der Waals surface area contributed by atoms with Gasteiger partial charge in [-0.05, 0) is 51.0 Å². The van der Waals surface area contributed by atoms with Crippen LogP contribution in [0.3, 0.4) is 0 Å². The monoisotopic (exact) mass is 369 g/mol. The standard InChI is InChI=1S/C7H6BrIN3P/c1-4-7-6(12(11-4)13-9)2-5(8)3-10-7/h2-3,13H,1H3. The zero-order valence-corrected chi connectivity index (χ0v) is 11.5. The molecule has 3 nitrogen and oxygen atoms in total. The van der Waals surface area contributed by atoms with Gasteiger partial charge in [0.2, 0.25) is 0 Å². The number of halogens is 2. The average molecular weight is 370 g/mol. The first-order valence-corrected chi connectivity index (χ1v) is 8.45. The molecule has 13 heavy (non-hydrogen) atoms. The molecule has 1 unspecified atom stereocenters. The van der Waals surface area contributed by atoms with Crippen LogP contribution in [0.5, 0.6) is 0 Å². The molecule has 2 rings (SSSR count). The Morgan fingerprint density at radius 3 is 3.08 bits per heavy atom. The third-order valence-corrected chi connectivity index (χ3v) is 4.04. The van der Waals surface area contributed by atoms with Gasteiger partial charge in [0.25, 0.3) is 0 Å². The lowest BCUT2D eigenvalue weighted by atomic mass is 10.3. The Labute approximate surface area is 98.8 Å². The van der Waals surface area contributed by atoms with Gasteiger partial charge in [-0.25, -0.2) is 4.45 Å². The highest BCUT2D eigenvalue weighted by Gasteiger charge is 2.07. The second kappa shape index (κ2) is 3.79. The van der Waals surface area contributed by atoms with E-state index in [4.69, 9.17) is 0 Å². The van der Waals surface area contributed by atoms with Crippen LogP contribution in [-0.4, -0.2) is 14.5 Å². The molecule has 0 saturated heterocycles. The number of nitrogens with zero attached hydrogens (tertiary/aromatic N) is 3. The minimum Gasteiger partial charge on any atom is -0.251 e. The Bertz CT molecular complexity index is 456. The summed E-state index contributed by atoms with van der Waals surface area (Å²) in [4.78, 5) is 4.32. The van der Waals surface area contributed by atoms with Crippen LogP contribution in [0.25, 0.3) is 11.0 Å². The van der Waals surface area contributed by atoms with Crippen molar-refractivity contribution in [2.45, 2.75) is 6.92 Å².